The molecular formula is C17H20BrN3O. The van der Waals surface area contributed by atoms with Crippen LogP contribution in [0.15, 0.2) is 41.0 Å². The SMILES string of the molecule is CCN(CC)c1ccnc(C(=O)Nc2ccc(C)cc2Br)c1. The van der Waals surface area contributed by atoms with Gasteiger partial charge in [0.15, 0.2) is 0 Å². The first-order valence-electron chi connectivity index (χ1n) is 7.33. The van der Waals surface area contributed by atoms with Crippen molar-refractivity contribution < 1.29 is 4.79 Å². The number of carbonyl (C=O) groups excluding carboxylic acids is 1. The van der Waals surface area contributed by atoms with Crippen LogP contribution in [0.1, 0.15) is 29.9 Å². The zero-order valence-corrected chi connectivity index (χ0v) is 14.6. The molecule has 116 valence electrons. The Morgan fingerprint density at radius 3 is 2.59 bits per heavy atom. The van der Waals surface area contributed by atoms with Crippen molar-refractivity contribution in [2.75, 3.05) is 23.3 Å². The molecule has 1 heterocycles. The van der Waals surface area contributed by atoms with Gasteiger partial charge >= 0.3 is 0 Å². The lowest BCUT2D eigenvalue weighted by molar-refractivity contribution is 0.102. The maximum atomic E-state index is 12.4. The van der Waals surface area contributed by atoms with Crippen LogP contribution in [0.25, 0.3) is 0 Å². The number of rotatable bonds is 5. The number of nitrogens with one attached hydrogen (secondary N) is 1. The van der Waals surface area contributed by atoms with Crippen molar-refractivity contribution in [3.05, 3.63) is 52.3 Å². The molecule has 0 bridgehead atoms. The molecule has 1 N–H and O–H groups in total. The van der Waals surface area contributed by atoms with Gasteiger partial charge in [0.25, 0.3) is 5.91 Å². The Labute approximate surface area is 139 Å². The summed E-state index contributed by atoms with van der Waals surface area (Å²) in [4.78, 5) is 18.8. The number of pyridine rings is 1. The van der Waals surface area contributed by atoms with Gasteiger partial charge in [0, 0.05) is 29.4 Å². The average molecular weight is 362 g/mol. The number of nitrogens with zero attached hydrogens (tertiary/aromatic N) is 2. The Morgan fingerprint density at radius 2 is 1.95 bits per heavy atom. The molecule has 22 heavy (non-hydrogen) atoms. The topological polar surface area (TPSA) is 45.2 Å². The fourth-order valence-electron chi connectivity index (χ4n) is 2.24. The van der Waals surface area contributed by atoms with Crippen LogP contribution in [-0.2, 0) is 0 Å². The third kappa shape index (κ3) is 3.85. The molecule has 0 aliphatic carbocycles. The summed E-state index contributed by atoms with van der Waals surface area (Å²) < 4.78 is 0.862. The van der Waals surface area contributed by atoms with Gasteiger partial charge in [-0.3, -0.25) is 9.78 Å². The number of aryl methyl sites for hydroxylation is 1. The van der Waals surface area contributed by atoms with Crippen molar-refractivity contribution in [1.82, 2.24) is 4.98 Å². The Kier molecular flexibility index (Phi) is 5.55. The van der Waals surface area contributed by atoms with Crippen LogP contribution >= 0.6 is 15.9 Å². The number of hydrogen-bond donors (Lipinski definition) is 1. The first kappa shape index (κ1) is 16.5. The Bertz CT molecular complexity index is 669. The Balaban J connectivity index is 2.21. The molecule has 2 rings (SSSR count). The molecule has 0 aliphatic rings. The van der Waals surface area contributed by atoms with Crippen LogP contribution in [0.5, 0.6) is 0 Å². The summed E-state index contributed by atoms with van der Waals surface area (Å²) >= 11 is 3.46. The molecule has 5 heteroatoms. The molecule has 0 aliphatic heterocycles. The van der Waals surface area contributed by atoms with Crippen LogP contribution in [-0.4, -0.2) is 24.0 Å². The highest BCUT2D eigenvalue weighted by Gasteiger charge is 2.12. The third-order valence-corrected chi connectivity index (χ3v) is 4.13. The molecular weight excluding hydrogens is 342 g/mol. The maximum absolute atomic E-state index is 12.4. The van der Waals surface area contributed by atoms with Crippen LogP contribution in [0.2, 0.25) is 0 Å². The second-order valence-corrected chi connectivity index (χ2v) is 5.86. The smallest absolute Gasteiger partial charge is 0.274 e. The molecule has 4 nitrogen and oxygen atoms in total. The number of aromatic nitrogens is 1. The van der Waals surface area contributed by atoms with Crippen molar-refractivity contribution in [2.24, 2.45) is 0 Å². The first-order valence-corrected chi connectivity index (χ1v) is 8.13. The summed E-state index contributed by atoms with van der Waals surface area (Å²) in [5.41, 5.74) is 3.29. The molecule has 0 saturated heterocycles. The molecule has 0 spiro atoms. The van der Waals surface area contributed by atoms with Gasteiger partial charge < -0.3 is 10.2 Å². The van der Waals surface area contributed by atoms with E-state index in [0.717, 1.165) is 34.5 Å². The summed E-state index contributed by atoms with van der Waals surface area (Å²) in [7, 11) is 0. The number of hydrogen-bond acceptors (Lipinski definition) is 3. The predicted octanol–water partition coefficient (Wildman–Crippen LogP) is 4.25. The van der Waals surface area contributed by atoms with E-state index in [4.69, 9.17) is 0 Å². The quantitative estimate of drug-likeness (QED) is 0.865. The molecule has 0 unspecified atom stereocenters. The van der Waals surface area contributed by atoms with E-state index < -0.39 is 0 Å². The maximum Gasteiger partial charge on any atom is 0.274 e. The fourth-order valence-corrected chi connectivity index (χ4v) is 2.83. The molecule has 0 saturated carbocycles. The van der Waals surface area contributed by atoms with E-state index in [0.29, 0.717) is 5.69 Å². The van der Waals surface area contributed by atoms with E-state index in [2.05, 4.69) is 45.0 Å². The van der Waals surface area contributed by atoms with Gasteiger partial charge in [0.05, 0.1) is 5.69 Å². The molecule has 1 aromatic carbocycles. The van der Waals surface area contributed by atoms with Gasteiger partial charge in [0.1, 0.15) is 5.69 Å². The summed E-state index contributed by atoms with van der Waals surface area (Å²) in [6.45, 7) is 7.97. The van der Waals surface area contributed by atoms with E-state index in [1.807, 2.05) is 37.3 Å². The number of carbonyl (C=O) groups is 1. The molecule has 0 fully saturated rings. The van der Waals surface area contributed by atoms with Crippen LogP contribution in [0.3, 0.4) is 0 Å². The van der Waals surface area contributed by atoms with Gasteiger partial charge in [0.2, 0.25) is 0 Å². The van der Waals surface area contributed by atoms with Crippen LogP contribution < -0.4 is 10.2 Å². The highest BCUT2D eigenvalue weighted by molar-refractivity contribution is 9.10. The Hall–Kier alpha value is -1.88. The zero-order chi connectivity index (χ0) is 16.1. The van der Waals surface area contributed by atoms with E-state index in [1.54, 1.807) is 6.20 Å². The lowest BCUT2D eigenvalue weighted by atomic mass is 10.2. The zero-order valence-electron chi connectivity index (χ0n) is 13.1. The highest BCUT2D eigenvalue weighted by Crippen LogP contribution is 2.24. The molecule has 2 aromatic rings. The minimum atomic E-state index is -0.210. The van der Waals surface area contributed by atoms with Crippen LogP contribution in [0.4, 0.5) is 11.4 Å². The minimum absolute atomic E-state index is 0.210. The highest BCUT2D eigenvalue weighted by atomic mass is 79.9. The molecule has 1 aromatic heterocycles. The average Bonchev–Trinajstić information content (AvgIpc) is 2.51. The van der Waals surface area contributed by atoms with Gasteiger partial charge in [-0.05, 0) is 66.5 Å². The summed E-state index contributed by atoms with van der Waals surface area (Å²) in [6.07, 6.45) is 1.67. The molecule has 0 atom stereocenters. The molecule has 0 radical (unpaired) electrons. The van der Waals surface area contributed by atoms with Crippen LogP contribution in [0, 0.1) is 6.92 Å². The standard InChI is InChI=1S/C17H20BrN3O/c1-4-21(5-2)13-8-9-19-16(11-13)17(22)20-15-7-6-12(3)10-14(15)18/h6-11H,4-5H2,1-3H3,(H,20,22). The Morgan fingerprint density at radius 1 is 1.23 bits per heavy atom. The van der Waals surface area contributed by atoms with E-state index in [-0.39, 0.29) is 5.91 Å². The summed E-state index contributed by atoms with van der Waals surface area (Å²) in [5.74, 6) is -0.210. The van der Waals surface area contributed by atoms with Gasteiger partial charge in [-0.25, -0.2) is 0 Å². The largest absolute Gasteiger partial charge is 0.372 e. The number of benzene rings is 1. The lowest BCUT2D eigenvalue weighted by Crippen LogP contribution is -2.23. The number of anilines is 2. The second kappa shape index (κ2) is 7.40. The number of halogens is 1. The van der Waals surface area contributed by atoms with Gasteiger partial charge in [-0.1, -0.05) is 6.07 Å². The fraction of sp³-hybridized carbons (Fsp3) is 0.294. The summed E-state index contributed by atoms with van der Waals surface area (Å²) in [5, 5.41) is 2.89. The second-order valence-electron chi connectivity index (χ2n) is 5.01. The van der Waals surface area contributed by atoms with Gasteiger partial charge in [-0.15, -0.1) is 0 Å². The predicted molar refractivity (Wildman–Crippen MR) is 94.6 cm³/mol. The van der Waals surface area contributed by atoms with Crippen molar-refractivity contribution >= 4 is 33.2 Å². The van der Waals surface area contributed by atoms with Crippen molar-refractivity contribution in [3.63, 3.8) is 0 Å². The molecule has 1 amide bonds. The van der Waals surface area contributed by atoms with E-state index in [9.17, 15) is 4.79 Å². The number of amides is 1. The van der Waals surface area contributed by atoms with Gasteiger partial charge in [-0.2, -0.15) is 0 Å². The minimum Gasteiger partial charge on any atom is -0.372 e. The van der Waals surface area contributed by atoms with E-state index >= 15 is 0 Å². The van der Waals surface area contributed by atoms with Crippen molar-refractivity contribution in [1.29, 1.82) is 0 Å². The van der Waals surface area contributed by atoms with Crippen molar-refractivity contribution in [3.8, 4) is 0 Å². The monoisotopic (exact) mass is 361 g/mol. The third-order valence-electron chi connectivity index (χ3n) is 3.48. The van der Waals surface area contributed by atoms with Crippen molar-refractivity contribution in [2.45, 2.75) is 20.8 Å². The van der Waals surface area contributed by atoms with E-state index in [1.165, 1.54) is 0 Å². The summed E-state index contributed by atoms with van der Waals surface area (Å²) in [6, 6.07) is 9.55. The lowest BCUT2D eigenvalue weighted by Gasteiger charge is -2.21. The normalized spacial score (nSPS) is 10.4. The first-order chi connectivity index (χ1) is 10.5.